The molecular formula is C13H19FSi. The first-order valence-corrected chi connectivity index (χ1v) is 7.87. The minimum Gasteiger partial charge on any atom is -0.307 e. The van der Waals surface area contributed by atoms with Gasteiger partial charge in [0.2, 0.25) is 0 Å². The predicted molar refractivity (Wildman–Crippen MR) is 67.7 cm³/mol. The van der Waals surface area contributed by atoms with Gasteiger partial charge in [0, 0.05) is 0 Å². The molecule has 0 radical (unpaired) electrons. The van der Waals surface area contributed by atoms with E-state index in [9.17, 15) is 4.11 Å². The SMILES string of the molecule is C=CC[Si](F)(CCCC)c1ccccc1. The number of hydrogen-bond acceptors (Lipinski definition) is 0. The fraction of sp³-hybridized carbons (Fsp3) is 0.385. The van der Waals surface area contributed by atoms with Crippen molar-refractivity contribution in [3.8, 4) is 0 Å². The highest BCUT2D eigenvalue weighted by Crippen LogP contribution is 2.20. The molecule has 0 saturated carbocycles. The van der Waals surface area contributed by atoms with Crippen LogP contribution in [0.4, 0.5) is 4.11 Å². The van der Waals surface area contributed by atoms with Gasteiger partial charge in [0.05, 0.1) is 0 Å². The molecule has 82 valence electrons. The Hall–Kier alpha value is -0.893. The van der Waals surface area contributed by atoms with Crippen molar-refractivity contribution in [1.29, 1.82) is 0 Å². The molecule has 1 atom stereocenters. The van der Waals surface area contributed by atoms with Gasteiger partial charge < -0.3 is 4.11 Å². The van der Waals surface area contributed by atoms with Gasteiger partial charge in [-0.15, -0.1) is 6.58 Å². The molecule has 0 N–H and O–H groups in total. The lowest BCUT2D eigenvalue weighted by molar-refractivity contribution is 0.751. The van der Waals surface area contributed by atoms with E-state index < -0.39 is 8.41 Å². The molecule has 1 aromatic rings. The van der Waals surface area contributed by atoms with Gasteiger partial charge in [0.1, 0.15) is 0 Å². The zero-order valence-electron chi connectivity index (χ0n) is 9.38. The van der Waals surface area contributed by atoms with E-state index in [1.54, 1.807) is 6.08 Å². The molecule has 0 nitrogen and oxygen atoms in total. The van der Waals surface area contributed by atoms with E-state index in [0.29, 0.717) is 6.04 Å². The number of benzene rings is 1. The summed E-state index contributed by atoms with van der Waals surface area (Å²) in [5, 5.41) is 0.915. The van der Waals surface area contributed by atoms with E-state index in [0.717, 1.165) is 24.1 Å². The van der Waals surface area contributed by atoms with Crippen LogP contribution in [0.25, 0.3) is 0 Å². The summed E-state index contributed by atoms with van der Waals surface area (Å²) in [6.45, 7) is 5.78. The van der Waals surface area contributed by atoms with Gasteiger partial charge >= 0.3 is 0 Å². The van der Waals surface area contributed by atoms with E-state index in [4.69, 9.17) is 0 Å². The molecule has 0 aromatic heterocycles. The molecule has 1 aromatic carbocycles. The average molecular weight is 222 g/mol. The van der Waals surface area contributed by atoms with Gasteiger partial charge in [-0.2, -0.15) is 0 Å². The molecule has 0 aliphatic rings. The van der Waals surface area contributed by atoms with Crippen LogP contribution in [0.2, 0.25) is 12.1 Å². The smallest absolute Gasteiger partial charge is 0.281 e. The summed E-state index contributed by atoms with van der Waals surface area (Å²) in [5.74, 6) is 0. The van der Waals surface area contributed by atoms with Crippen molar-refractivity contribution < 1.29 is 4.11 Å². The first-order chi connectivity index (χ1) is 7.23. The van der Waals surface area contributed by atoms with Crippen molar-refractivity contribution in [2.24, 2.45) is 0 Å². The number of rotatable bonds is 6. The summed E-state index contributed by atoms with van der Waals surface area (Å²) in [5.41, 5.74) is 0. The first kappa shape index (κ1) is 12.2. The van der Waals surface area contributed by atoms with Crippen molar-refractivity contribution in [3.63, 3.8) is 0 Å². The van der Waals surface area contributed by atoms with Crippen molar-refractivity contribution in [1.82, 2.24) is 0 Å². The first-order valence-electron chi connectivity index (χ1n) is 5.58. The van der Waals surface area contributed by atoms with Gasteiger partial charge in [-0.1, -0.05) is 56.2 Å². The number of hydrogen-bond donors (Lipinski definition) is 0. The van der Waals surface area contributed by atoms with E-state index >= 15 is 0 Å². The number of allylic oxidation sites excluding steroid dienone is 1. The highest BCUT2D eigenvalue weighted by atomic mass is 28.4. The van der Waals surface area contributed by atoms with Crippen LogP contribution in [0.3, 0.4) is 0 Å². The molecule has 0 heterocycles. The number of halogens is 1. The lowest BCUT2D eigenvalue weighted by Crippen LogP contribution is -2.42. The Morgan fingerprint density at radius 1 is 1.33 bits per heavy atom. The Morgan fingerprint density at radius 3 is 2.53 bits per heavy atom. The highest BCUT2D eigenvalue weighted by molar-refractivity contribution is 6.86. The molecule has 0 spiro atoms. The summed E-state index contributed by atoms with van der Waals surface area (Å²) in [6, 6.07) is 10.9. The van der Waals surface area contributed by atoms with Gasteiger partial charge in [-0.05, 0) is 17.3 Å². The Bertz CT molecular complexity index is 297. The largest absolute Gasteiger partial charge is 0.307 e. The van der Waals surface area contributed by atoms with Crippen LogP contribution in [0.5, 0.6) is 0 Å². The summed E-state index contributed by atoms with van der Waals surface area (Å²) < 4.78 is 14.8. The van der Waals surface area contributed by atoms with Crippen LogP contribution in [0, 0.1) is 0 Å². The summed E-state index contributed by atoms with van der Waals surface area (Å²) in [7, 11) is -2.76. The molecule has 1 rings (SSSR count). The standard InChI is InChI=1S/C13H19FSi/c1-3-5-12-15(14,11-4-2)13-9-7-6-8-10-13/h4,6-10H,2-3,5,11-12H2,1H3. The normalized spacial score (nSPS) is 14.5. The third kappa shape index (κ3) is 3.31. The van der Waals surface area contributed by atoms with Gasteiger partial charge in [-0.3, -0.25) is 0 Å². The Labute approximate surface area is 93.0 Å². The van der Waals surface area contributed by atoms with Crippen LogP contribution in [-0.4, -0.2) is 8.41 Å². The van der Waals surface area contributed by atoms with Gasteiger partial charge in [0.15, 0.2) is 0 Å². The molecule has 0 fully saturated rings. The molecule has 2 heteroatoms. The quantitative estimate of drug-likeness (QED) is 0.390. The van der Waals surface area contributed by atoms with Crippen molar-refractivity contribution in [2.45, 2.75) is 31.9 Å². The molecule has 0 saturated heterocycles. The Balaban J connectivity index is 2.85. The minimum absolute atomic E-state index is 0.539. The maximum Gasteiger partial charge on any atom is 0.281 e. The van der Waals surface area contributed by atoms with Crippen molar-refractivity contribution in [3.05, 3.63) is 43.0 Å². The lowest BCUT2D eigenvalue weighted by atomic mass is 10.4. The average Bonchev–Trinajstić information content (AvgIpc) is 2.28. The fourth-order valence-corrected chi connectivity index (χ4v) is 4.68. The van der Waals surface area contributed by atoms with E-state index in [-0.39, 0.29) is 0 Å². The van der Waals surface area contributed by atoms with Gasteiger partial charge in [-0.25, -0.2) is 0 Å². The second-order valence-corrected chi connectivity index (χ2v) is 7.34. The van der Waals surface area contributed by atoms with E-state index in [1.165, 1.54) is 0 Å². The van der Waals surface area contributed by atoms with Crippen LogP contribution in [-0.2, 0) is 0 Å². The maximum absolute atomic E-state index is 14.8. The monoisotopic (exact) mass is 222 g/mol. The van der Waals surface area contributed by atoms with Crippen LogP contribution < -0.4 is 5.19 Å². The van der Waals surface area contributed by atoms with E-state index in [1.807, 2.05) is 30.3 Å². The lowest BCUT2D eigenvalue weighted by Gasteiger charge is -2.21. The van der Waals surface area contributed by atoms with Crippen molar-refractivity contribution in [2.75, 3.05) is 0 Å². The third-order valence-corrected chi connectivity index (χ3v) is 6.14. The highest BCUT2D eigenvalue weighted by Gasteiger charge is 2.33. The molecule has 15 heavy (non-hydrogen) atoms. The maximum atomic E-state index is 14.8. The second-order valence-electron chi connectivity index (χ2n) is 3.93. The minimum atomic E-state index is -2.76. The molecule has 1 unspecified atom stereocenters. The zero-order chi connectivity index (χ0) is 11.1. The van der Waals surface area contributed by atoms with E-state index in [2.05, 4.69) is 13.5 Å². The predicted octanol–water partition coefficient (Wildman–Crippen LogP) is 3.79. The topological polar surface area (TPSA) is 0 Å². The second kappa shape index (κ2) is 5.86. The Morgan fingerprint density at radius 2 is 2.00 bits per heavy atom. The molecular weight excluding hydrogens is 203 g/mol. The number of unbranched alkanes of at least 4 members (excludes halogenated alkanes) is 1. The summed E-state index contributed by atoms with van der Waals surface area (Å²) in [4.78, 5) is 0. The molecule has 0 aliphatic carbocycles. The summed E-state index contributed by atoms with van der Waals surface area (Å²) in [6.07, 6.45) is 3.77. The van der Waals surface area contributed by atoms with Crippen LogP contribution in [0.15, 0.2) is 43.0 Å². The van der Waals surface area contributed by atoms with Crippen LogP contribution in [0.1, 0.15) is 19.8 Å². The molecule has 0 aliphatic heterocycles. The third-order valence-electron chi connectivity index (χ3n) is 2.69. The Kier molecular flexibility index (Phi) is 4.76. The zero-order valence-corrected chi connectivity index (χ0v) is 10.4. The molecule has 0 amide bonds. The molecule has 0 bridgehead atoms. The van der Waals surface area contributed by atoms with Crippen molar-refractivity contribution >= 4 is 13.6 Å². The van der Waals surface area contributed by atoms with Gasteiger partial charge in [0.25, 0.3) is 8.41 Å². The van der Waals surface area contributed by atoms with Crippen LogP contribution >= 0.6 is 0 Å². The fourth-order valence-electron chi connectivity index (χ4n) is 1.79. The summed E-state index contributed by atoms with van der Waals surface area (Å²) >= 11 is 0.